The zero-order valence-electron chi connectivity index (χ0n) is 24.8. The molecule has 2 aromatic carbocycles. The predicted molar refractivity (Wildman–Crippen MR) is 157 cm³/mol. The van der Waals surface area contributed by atoms with Crippen molar-refractivity contribution in [1.82, 2.24) is 15.1 Å². The van der Waals surface area contributed by atoms with E-state index in [9.17, 15) is 19.6 Å². The second kappa shape index (κ2) is 13.8. The van der Waals surface area contributed by atoms with Crippen LogP contribution in [0, 0.1) is 23.1 Å². The van der Waals surface area contributed by atoms with Crippen molar-refractivity contribution in [3.63, 3.8) is 0 Å². The highest BCUT2D eigenvalue weighted by Crippen LogP contribution is 2.27. The van der Waals surface area contributed by atoms with Crippen LogP contribution in [-0.4, -0.2) is 76.9 Å². The molecule has 0 bridgehead atoms. The lowest BCUT2D eigenvalue weighted by Crippen LogP contribution is -2.51. The first kappa shape index (κ1) is 31.6. The molecule has 0 spiro atoms. The molecule has 2 atom stereocenters. The number of carboxylic acid groups (broad SMARTS) is 1. The van der Waals surface area contributed by atoms with Crippen LogP contribution in [0.15, 0.2) is 42.5 Å². The van der Waals surface area contributed by atoms with Crippen LogP contribution in [0.3, 0.4) is 0 Å². The van der Waals surface area contributed by atoms with Gasteiger partial charge in [0.15, 0.2) is 0 Å². The lowest BCUT2D eigenvalue weighted by Gasteiger charge is -2.29. The standard InChI is InChI=1S/C32H39FN4O6/c1-32(2,3)43-30(39)35-28(29(38)37-14-4-5-25(37)19-34)18-24-7-6-23(17-27(24)33)22-8-10-26(11-9-22)42-20-21-12-15-36(16-13-21)31(40)41/h6-11,17,21,25,28H,4-5,12-16,18,20H2,1-3H3,(H,35,39)(H,40,41)/t25-,28-/m0/s1. The van der Waals surface area contributed by atoms with Crippen molar-refractivity contribution in [1.29, 1.82) is 5.26 Å². The summed E-state index contributed by atoms with van der Waals surface area (Å²) in [4.78, 5) is 39.9. The van der Waals surface area contributed by atoms with Gasteiger partial charge in [0, 0.05) is 26.1 Å². The van der Waals surface area contributed by atoms with Crippen LogP contribution < -0.4 is 10.1 Å². The molecule has 0 aliphatic carbocycles. The Hall–Kier alpha value is -4.33. The number of benzene rings is 2. The van der Waals surface area contributed by atoms with E-state index in [-0.39, 0.29) is 17.9 Å². The summed E-state index contributed by atoms with van der Waals surface area (Å²) in [5, 5.41) is 21.2. The Kier molecular flexibility index (Phi) is 10.1. The normalized spacial score (nSPS) is 18.1. The molecule has 2 aliphatic heterocycles. The van der Waals surface area contributed by atoms with Gasteiger partial charge in [-0.1, -0.05) is 24.3 Å². The van der Waals surface area contributed by atoms with Crippen LogP contribution in [0.4, 0.5) is 14.0 Å². The zero-order chi connectivity index (χ0) is 31.1. The maximum absolute atomic E-state index is 15.4. The number of hydrogen-bond donors (Lipinski definition) is 2. The Morgan fingerprint density at radius 2 is 1.74 bits per heavy atom. The van der Waals surface area contributed by atoms with Gasteiger partial charge in [-0.25, -0.2) is 14.0 Å². The number of ether oxygens (including phenoxy) is 2. The van der Waals surface area contributed by atoms with Gasteiger partial charge in [-0.2, -0.15) is 5.26 Å². The van der Waals surface area contributed by atoms with Crippen molar-refractivity contribution in [2.24, 2.45) is 5.92 Å². The summed E-state index contributed by atoms with van der Waals surface area (Å²) in [7, 11) is 0. The number of carbonyl (C=O) groups is 3. The van der Waals surface area contributed by atoms with Crippen LogP contribution in [-0.2, 0) is 16.0 Å². The first-order valence-corrected chi connectivity index (χ1v) is 14.6. The van der Waals surface area contributed by atoms with Gasteiger partial charge >= 0.3 is 12.2 Å². The average molecular weight is 595 g/mol. The van der Waals surface area contributed by atoms with E-state index in [4.69, 9.17) is 14.6 Å². The van der Waals surface area contributed by atoms with E-state index in [0.717, 1.165) is 18.4 Å². The SMILES string of the molecule is CC(C)(C)OC(=O)N[C@@H](Cc1ccc(-c2ccc(OCC3CCN(C(=O)O)CC3)cc2)cc1F)C(=O)N1CCC[C@H]1C#N. The fourth-order valence-corrected chi connectivity index (χ4v) is 5.38. The summed E-state index contributed by atoms with van der Waals surface area (Å²) in [5.41, 5.74) is 0.884. The van der Waals surface area contributed by atoms with Gasteiger partial charge in [-0.15, -0.1) is 0 Å². The Balaban J connectivity index is 1.41. The molecule has 2 fully saturated rings. The van der Waals surface area contributed by atoms with Crippen molar-refractivity contribution in [2.75, 3.05) is 26.2 Å². The van der Waals surface area contributed by atoms with Crippen LogP contribution in [0.25, 0.3) is 11.1 Å². The Bertz CT molecular complexity index is 1350. The Morgan fingerprint density at radius 3 is 2.35 bits per heavy atom. The number of amides is 3. The molecule has 230 valence electrons. The number of rotatable bonds is 8. The number of nitriles is 1. The molecule has 4 rings (SSSR count). The molecular weight excluding hydrogens is 555 g/mol. The number of carbonyl (C=O) groups excluding carboxylic acids is 2. The third-order valence-electron chi connectivity index (χ3n) is 7.71. The topological polar surface area (TPSA) is 132 Å². The summed E-state index contributed by atoms with van der Waals surface area (Å²) in [6, 6.07) is 12.5. The van der Waals surface area contributed by atoms with Crippen LogP contribution in [0.2, 0.25) is 0 Å². The summed E-state index contributed by atoms with van der Waals surface area (Å²) >= 11 is 0. The third-order valence-corrected chi connectivity index (χ3v) is 7.71. The minimum Gasteiger partial charge on any atom is -0.493 e. The fraction of sp³-hybridized carbons (Fsp3) is 0.500. The number of piperidine rings is 1. The van der Waals surface area contributed by atoms with E-state index in [1.165, 1.54) is 15.9 Å². The van der Waals surface area contributed by atoms with Crippen molar-refractivity contribution in [2.45, 2.75) is 70.6 Å². The minimum absolute atomic E-state index is 0.100. The molecule has 2 saturated heterocycles. The predicted octanol–water partition coefficient (Wildman–Crippen LogP) is 5.21. The molecule has 3 amide bonds. The highest BCUT2D eigenvalue weighted by molar-refractivity contribution is 5.87. The molecule has 11 heteroatoms. The van der Waals surface area contributed by atoms with E-state index in [1.54, 1.807) is 32.9 Å². The highest BCUT2D eigenvalue weighted by atomic mass is 19.1. The summed E-state index contributed by atoms with van der Waals surface area (Å²) in [6.07, 6.45) is 0.975. The van der Waals surface area contributed by atoms with Gasteiger partial charge in [0.25, 0.3) is 0 Å². The van der Waals surface area contributed by atoms with E-state index < -0.39 is 41.6 Å². The Labute approximate surface area is 251 Å². The molecule has 43 heavy (non-hydrogen) atoms. The largest absolute Gasteiger partial charge is 0.493 e. The van der Waals surface area contributed by atoms with Gasteiger partial charge < -0.3 is 29.7 Å². The molecule has 2 aromatic rings. The lowest BCUT2D eigenvalue weighted by atomic mass is 9.98. The average Bonchev–Trinajstić information content (AvgIpc) is 3.45. The molecule has 2 N–H and O–H groups in total. The van der Waals surface area contributed by atoms with Gasteiger partial charge in [0.05, 0.1) is 12.7 Å². The molecule has 0 radical (unpaired) electrons. The van der Waals surface area contributed by atoms with Crippen LogP contribution >= 0.6 is 0 Å². The molecule has 10 nitrogen and oxygen atoms in total. The maximum Gasteiger partial charge on any atom is 0.408 e. The first-order valence-electron chi connectivity index (χ1n) is 14.6. The summed E-state index contributed by atoms with van der Waals surface area (Å²) < 4.78 is 26.6. The molecular formula is C32H39FN4O6. The van der Waals surface area contributed by atoms with Crippen molar-refractivity contribution >= 4 is 18.1 Å². The second-order valence-electron chi connectivity index (χ2n) is 12.1. The van der Waals surface area contributed by atoms with E-state index >= 15 is 4.39 Å². The van der Waals surface area contributed by atoms with Crippen LogP contribution in [0.1, 0.15) is 52.0 Å². The first-order chi connectivity index (χ1) is 20.4. The lowest BCUT2D eigenvalue weighted by molar-refractivity contribution is -0.133. The minimum atomic E-state index is -1.10. The number of alkyl carbamates (subject to hydrolysis) is 1. The fourth-order valence-electron chi connectivity index (χ4n) is 5.38. The molecule has 0 saturated carbocycles. The molecule has 0 unspecified atom stereocenters. The molecule has 2 aliphatic rings. The summed E-state index contributed by atoms with van der Waals surface area (Å²) in [5.74, 6) is -0.00339. The van der Waals surface area contributed by atoms with E-state index in [2.05, 4.69) is 11.4 Å². The molecule has 0 aromatic heterocycles. The third kappa shape index (κ3) is 8.60. The Morgan fingerprint density at radius 1 is 1.07 bits per heavy atom. The van der Waals surface area contributed by atoms with Crippen LogP contribution in [0.5, 0.6) is 5.75 Å². The quantitative estimate of drug-likeness (QED) is 0.429. The smallest absolute Gasteiger partial charge is 0.408 e. The number of halogens is 1. The highest BCUT2D eigenvalue weighted by Gasteiger charge is 2.35. The maximum atomic E-state index is 15.4. The number of nitrogens with one attached hydrogen (secondary N) is 1. The van der Waals surface area contributed by atoms with Crippen molar-refractivity contribution in [3.8, 4) is 22.9 Å². The van der Waals surface area contributed by atoms with Gasteiger partial charge in [-0.05, 0) is 87.3 Å². The van der Waals surface area contributed by atoms with Gasteiger partial charge in [0.1, 0.15) is 29.3 Å². The van der Waals surface area contributed by atoms with Crippen molar-refractivity contribution < 1.29 is 33.4 Å². The van der Waals surface area contributed by atoms with Crippen molar-refractivity contribution in [3.05, 3.63) is 53.8 Å². The van der Waals surface area contributed by atoms with Gasteiger partial charge in [0.2, 0.25) is 5.91 Å². The van der Waals surface area contributed by atoms with E-state index in [1.807, 2.05) is 24.3 Å². The number of hydrogen-bond acceptors (Lipinski definition) is 6. The van der Waals surface area contributed by atoms with Gasteiger partial charge in [-0.3, -0.25) is 4.79 Å². The number of likely N-dealkylation sites (tertiary alicyclic amines) is 2. The number of nitrogens with zero attached hydrogens (tertiary/aromatic N) is 3. The summed E-state index contributed by atoms with van der Waals surface area (Å²) in [6.45, 7) is 7.04. The molecule has 2 heterocycles. The monoisotopic (exact) mass is 594 g/mol. The van der Waals surface area contributed by atoms with E-state index in [0.29, 0.717) is 50.4 Å². The zero-order valence-corrected chi connectivity index (χ0v) is 24.8. The second-order valence-corrected chi connectivity index (χ2v) is 12.1.